The van der Waals surface area contributed by atoms with Crippen molar-refractivity contribution in [2.75, 3.05) is 0 Å². The monoisotopic (exact) mass is 200 g/mol. The molecule has 78 valence electrons. The minimum atomic E-state index is 0.509. The first-order valence-corrected chi connectivity index (χ1v) is 5.19. The number of hydrogen-bond donors (Lipinski definition) is 1. The highest BCUT2D eigenvalue weighted by Gasteiger charge is 2.04. The summed E-state index contributed by atoms with van der Waals surface area (Å²) >= 11 is 0. The van der Waals surface area contributed by atoms with Crippen molar-refractivity contribution in [1.29, 1.82) is 0 Å². The average molecular weight is 200 g/mol. The minimum absolute atomic E-state index is 0.509. The predicted octanol–water partition coefficient (Wildman–Crippen LogP) is 2.62. The van der Waals surface area contributed by atoms with Crippen LogP contribution in [0.15, 0.2) is 18.2 Å². The molecule has 0 saturated heterocycles. The van der Waals surface area contributed by atoms with Crippen LogP contribution in [0.25, 0.3) is 10.9 Å². The van der Waals surface area contributed by atoms with Crippen molar-refractivity contribution in [3.8, 4) is 0 Å². The third-order valence-electron chi connectivity index (χ3n) is 2.74. The number of nitrogens with zero attached hydrogens (tertiary/aromatic N) is 1. The molecule has 0 atom stereocenters. The third-order valence-corrected chi connectivity index (χ3v) is 2.74. The lowest BCUT2D eigenvalue weighted by Gasteiger charge is -2.08. The summed E-state index contributed by atoms with van der Waals surface area (Å²) in [7, 11) is 0. The molecule has 0 saturated carbocycles. The van der Waals surface area contributed by atoms with E-state index < -0.39 is 0 Å². The molecule has 2 N–H and O–H groups in total. The molecule has 0 aliphatic carbocycles. The van der Waals surface area contributed by atoms with Crippen LogP contribution in [0.2, 0.25) is 0 Å². The van der Waals surface area contributed by atoms with E-state index in [4.69, 9.17) is 5.73 Å². The van der Waals surface area contributed by atoms with E-state index in [2.05, 4.69) is 44.0 Å². The Morgan fingerprint density at radius 1 is 1.07 bits per heavy atom. The molecule has 0 bridgehead atoms. The zero-order chi connectivity index (χ0) is 11.0. The van der Waals surface area contributed by atoms with E-state index in [-0.39, 0.29) is 0 Å². The first-order chi connectivity index (χ1) is 7.11. The zero-order valence-corrected chi connectivity index (χ0v) is 9.46. The van der Waals surface area contributed by atoms with Gasteiger partial charge in [0.25, 0.3) is 0 Å². The predicted molar refractivity (Wildman–Crippen MR) is 63.8 cm³/mol. The van der Waals surface area contributed by atoms with Gasteiger partial charge in [0.05, 0.1) is 11.2 Å². The molecule has 0 unspecified atom stereocenters. The highest BCUT2D eigenvalue weighted by Crippen LogP contribution is 2.21. The van der Waals surface area contributed by atoms with E-state index in [0.29, 0.717) is 6.54 Å². The quantitative estimate of drug-likeness (QED) is 0.768. The van der Waals surface area contributed by atoms with Gasteiger partial charge < -0.3 is 5.73 Å². The molecule has 2 nitrogen and oxygen atoms in total. The van der Waals surface area contributed by atoms with Gasteiger partial charge in [-0.1, -0.05) is 11.6 Å². The summed E-state index contributed by atoms with van der Waals surface area (Å²) in [6, 6.07) is 6.50. The van der Waals surface area contributed by atoms with Crippen LogP contribution < -0.4 is 5.73 Å². The Kier molecular flexibility index (Phi) is 2.45. The summed E-state index contributed by atoms with van der Waals surface area (Å²) in [6.45, 7) is 6.78. The Balaban J connectivity index is 2.81. The van der Waals surface area contributed by atoms with Crippen LogP contribution in [-0.2, 0) is 6.54 Å². The maximum atomic E-state index is 5.66. The van der Waals surface area contributed by atoms with E-state index in [1.165, 1.54) is 22.1 Å². The number of nitrogens with two attached hydrogens (primary N) is 1. The van der Waals surface area contributed by atoms with Gasteiger partial charge in [0.15, 0.2) is 0 Å². The second-order valence-electron chi connectivity index (χ2n) is 4.11. The SMILES string of the molecule is Cc1cc(C)c2nc(CN)c(C)cc2c1. The van der Waals surface area contributed by atoms with Gasteiger partial charge >= 0.3 is 0 Å². The summed E-state index contributed by atoms with van der Waals surface area (Å²) in [6.07, 6.45) is 0. The molecule has 0 amide bonds. The van der Waals surface area contributed by atoms with Gasteiger partial charge in [-0.3, -0.25) is 4.98 Å². The van der Waals surface area contributed by atoms with Crippen molar-refractivity contribution in [1.82, 2.24) is 4.98 Å². The standard InChI is InChI=1S/C13H16N2/c1-8-4-10(3)13-11(5-8)6-9(2)12(7-14)15-13/h4-6H,7,14H2,1-3H3. The Morgan fingerprint density at radius 2 is 1.80 bits per heavy atom. The largest absolute Gasteiger partial charge is 0.325 e. The molecule has 0 fully saturated rings. The number of aryl methyl sites for hydroxylation is 3. The molecule has 0 aliphatic heterocycles. The summed E-state index contributed by atoms with van der Waals surface area (Å²) in [5.74, 6) is 0. The fourth-order valence-electron chi connectivity index (χ4n) is 2.00. The second kappa shape index (κ2) is 3.63. The van der Waals surface area contributed by atoms with Gasteiger partial charge in [-0.25, -0.2) is 0 Å². The molecule has 0 aliphatic rings. The lowest BCUT2D eigenvalue weighted by atomic mass is 10.0. The third kappa shape index (κ3) is 1.73. The molecule has 0 spiro atoms. The fourth-order valence-corrected chi connectivity index (χ4v) is 2.00. The van der Waals surface area contributed by atoms with Gasteiger partial charge in [0.2, 0.25) is 0 Å². The number of hydrogen-bond acceptors (Lipinski definition) is 2. The van der Waals surface area contributed by atoms with Crippen molar-refractivity contribution in [2.45, 2.75) is 27.3 Å². The summed E-state index contributed by atoms with van der Waals surface area (Å²) in [4.78, 5) is 4.61. The van der Waals surface area contributed by atoms with Crippen LogP contribution in [0.1, 0.15) is 22.4 Å². The van der Waals surface area contributed by atoms with E-state index in [1.807, 2.05) is 0 Å². The minimum Gasteiger partial charge on any atom is -0.325 e. The van der Waals surface area contributed by atoms with Crippen LogP contribution in [0.4, 0.5) is 0 Å². The number of pyridine rings is 1. The molecular weight excluding hydrogens is 184 g/mol. The van der Waals surface area contributed by atoms with Gasteiger partial charge in [-0.05, 0) is 44.0 Å². The van der Waals surface area contributed by atoms with E-state index in [9.17, 15) is 0 Å². The molecule has 0 radical (unpaired) electrons. The Hall–Kier alpha value is -1.41. The molecule has 1 aromatic heterocycles. The molecule has 2 rings (SSSR count). The fraction of sp³-hybridized carbons (Fsp3) is 0.308. The Morgan fingerprint density at radius 3 is 2.47 bits per heavy atom. The summed E-state index contributed by atoms with van der Waals surface area (Å²) in [5.41, 5.74) is 11.4. The van der Waals surface area contributed by atoms with Crippen molar-refractivity contribution in [3.05, 3.63) is 40.6 Å². The molecule has 2 aromatic rings. The second-order valence-corrected chi connectivity index (χ2v) is 4.11. The first kappa shape index (κ1) is 10.1. The van der Waals surface area contributed by atoms with Gasteiger partial charge in [-0.15, -0.1) is 0 Å². The lowest BCUT2D eigenvalue weighted by Crippen LogP contribution is -2.03. The van der Waals surface area contributed by atoms with Crippen molar-refractivity contribution >= 4 is 10.9 Å². The molecular formula is C13H16N2. The maximum absolute atomic E-state index is 5.66. The van der Waals surface area contributed by atoms with Crippen molar-refractivity contribution < 1.29 is 0 Å². The first-order valence-electron chi connectivity index (χ1n) is 5.19. The van der Waals surface area contributed by atoms with Crippen LogP contribution in [-0.4, -0.2) is 4.98 Å². The Bertz CT molecular complexity index is 515. The summed E-state index contributed by atoms with van der Waals surface area (Å²) < 4.78 is 0. The van der Waals surface area contributed by atoms with Gasteiger partial charge in [-0.2, -0.15) is 0 Å². The van der Waals surface area contributed by atoms with Crippen LogP contribution >= 0.6 is 0 Å². The number of benzene rings is 1. The van der Waals surface area contributed by atoms with Crippen molar-refractivity contribution in [3.63, 3.8) is 0 Å². The van der Waals surface area contributed by atoms with Crippen LogP contribution in [0.3, 0.4) is 0 Å². The topological polar surface area (TPSA) is 38.9 Å². The average Bonchev–Trinajstić information content (AvgIpc) is 2.16. The highest BCUT2D eigenvalue weighted by molar-refractivity contribution is 5.83. The van der Waals surface area contributed by atoms with E-state index in [0.717, 1.165) is 11.2 Å². The van der Waals surface area contributed by atoms with E-state index in [1.54, 1.807) is 0 Å². The van der Waals surface area contributed by atoms with Crippen molar-refractivity contribution in [2.24, 2.45) is 5.73 Å². The normalized spacial score (nSPS) is 10.9. The molecule has 15 heavy (non-hydrogen) atoms. The molecule has 2 heteroatoms. The van der Waals surface area contributed by atoms with Crippen LogP contribution in [0, 0.1) is 20.8 Å². The molecule has 1 heterocycles. The highest BCUT2D eigenvalue weighted by atomic mass is 14.7. The van der Waals surface area contributed by atoms with Gasteiger partial charge in [0, 0.05) is 11.9 Å². The van der Waals surface area contributed by atoms with Gasteiger partial charge in [0.1, 0.15) is 0 Å². The number of fused-ring (bicyclic) bond motifs is 1. The Labute approximate surface area is 90.1 Å². The summed E-state index contributed by atoms with van der Waals surface area (Å²) in [5, 5.41) is 1.21. The smallest absolute Gasteiger partial charge is 0.0735 e. The number of rotatable bonds is 1. The molecule has 1 aromatic carbocycles. The van der Waals surface area contributed by atoms with E-state index >= 15 is 0 Å². The lowest BCUT2D eigenvalue weighted by molar-refractivity contribution is 0.983. The number of aromatic nitrogens is 1. The van der Waals surface area contributed by atoms with Crippen LogP contribution in [0.5, 0.6) is 0 Å². The maximum Gasteiger partial charge on any atom is 0.0735 e. The zero-order valence-electron chi connectivity index (χ0n) is 9.46.